The molecule has 2 aliphatic rings. The minimum Gasteiger partial charge on any atom is -0.349 e. The Morgan fingerprint density at radius 1 is 1.14 bits per heavy atom. The second-order valence-electron chi connectivity index (χ2n) is 7.77. The monoisotopic (exact) mass is 456 g/mol. The Morgan fingerprint density at radius 3 is 2.64 bits per heavy atom. The van der Waals surface area contributed by atoms with Crippen LogP contribution in [0.1, 0.15) is 61.9 Å². The zero-order chi connectivity index (χ0) is 19.7. The van der Waals surface area contributed by atoms with Crippen LogP contribution in [0, 0.1) is 5.92 Å². The Kier molecular flexibility index (Phi) is 5.93. The van der Waals surface area contributed by atoms with Gasteiger partial charge in [-0.3, -0.25) is 9.79 Å². The number of aliphatic imine (C=N–C) groups is 1. The molecule has 1 heterocycles. The van der Waals surface area contributed by atoms with Gasteiger partial charge in [0.05, 0.1) is 5.69 Å². The van der Waals surface area contributed by atoms with Crippen molar-refractivity contribution >= 4 is 45.0 Å². The number of benzene rings is 2. The summed E-state index contributed by atoms with van der Waals surface area (Å²) in [7, 11) is 0. The zero-order valence-corrected chi connectivity index (χ0v) is 18.7. The Morgan fingerprint density at radius 2 is 1.89 bits per heavy atom. The molecule has 1 amide bonds. The first-order valence-electron chi connectivity index (χ1n) is 10.0. The summed E-state index contributed by atoms with van der Waals surface area (Å²) < 4.78 is 1.06. The number of hydrogen-bond donors (Lipinski definition) is 1. The lowest BCUT2D eigenvalue weighted by Crippen LogP contribution is -2.37. The molecule has 2 aromatic carbocycles. The molecule has 0 unspecified atom stereocenters. The van der Waals surface area contributed by atoms with Gasteiger partial charge >= 0.3 is 0 Å². The molecule has 1 N–H and O–H groups in total. The minimum atomic E-state index is 0.0186. The fourth-order valence-corrected chi connectivity index (χ4v) is 5.28. The molecule has 1 aliphatic carbocycles. The summed E-state index contributed by atoms with van der Waals surface area (Å²) in [5, 5.41) is 3.23. The molecular weight excluding hydrogens is 432 g/mol. The molecule has 28 heavy (non-hydrogen) atoms. The van der Waals surface area contributed by atoms with Gasteiger partial charge in [0.2, 0.25) is 0 Å². The molecule has 0 radical (unpaired) electrons. The summed E-state index contributed by atoms with van der Waals surface area (Å²) in [5.74, 6) is 0.797. The van der Waals surface area contributed by atoms with E-state index in [0.717, 1.165) is 45.9 Å². The van der Waals surface area contributed by atoms with E-state index in [1.54, 1.807) is 11.8 Å². The molecule has 5 heteroatoms. The highest BCUT2D eigenvalue weighted by Crippen LogP contribution is 2.41. The van der Waals surface area contributed by atoms with E-state index in [2.05, 4.69) is 53.3 Å². The SMILES string of the molecule is CCC1=Nc2cc(C(=O)NC3CCC(C)CC3)ccc2Sc2ccc(Br)cc21. The maximum Gasteiger partial charge on any atom is 0.251 e. The first-order valence-corrected chi connectivity index (χ1v) is 11.6. The summed E-state index contributed by atoms with van der Waals surface area (Å²) in [5.41, 5.74) is 3.81. The largest absolute Gasteiger partial charge is 0.349 e. The van der Waals surface area contributed by atoms with E-state index in [1.807, 2.05) is 18.2 Å². The maximum absolute atomic E-state index is 12.8. The van der Waals surface area contributed by atoms with Gasteiger partial charge in [-0.1, -0.05) is 41.5 Å². The normalized spacial score (nSPS) is 21.2. The Hall–Kier alpha value is -1.59. The molecule has 2 aromatic rings. The average Bonchev–Trinajstić information content (AvgIpc) is 2.85. The van der Waals surface area contributed by atoms with Crippen molar-refractivity contribution in [3.63, 3.8) is 0 Å². The third-order valence-corrected chi connectivity index (χ3v) is 7.27. The Labute approximate surface area is 179 Å². The first-order chi connectivity index (χ1) is 13.5. The number of fused-ring (bicyclic) bond motifs is 2. The van der Waals surface area contributed by atoms with Crippen LogP contribution >= 0.6 is 27.7 Å². The molecule has 0 atom stereocenters. The number of amides is 1. The zero-order valence-electron chi connectivity index (χ0n) is 16.3. The predicted octanol–water partition coefficient (Wildman–Crippen LogP) is 6.75. The van der Waals surface area contributed by atoms with Crippen LogP contribution in [0.25, 0.3) is 0 Å². The number of carbonyl (C=O) groups excluding carboxylic acids is 1. The summed E-state index contributed by atoms with van der Waals surface area (Å²) in [6, 6.07) is 12.5. The van der Waals surface area contributed by atoms with Gasteiger partial charge in [-0.25, -0.2) is 0 Å². The lowest BCUT2D eigenvalue weighted by Gasteiger charge is -2.27. The molecule has 1 saturated carbocycles. The summed E-state index contributed by atoms with van der Waals surface area (Å²) >= 11 is 5.29. The second-order valence-corrected chi connectivity index (χ2v) is 9.77. The maximum atomic E-state index is 12.8. The third kappa shape index (κ3) is 4.20. The lowest BCUT2D eigenvalue weighted by atomic mass is 9.87. The number of carbonyl (C=O) groups is 1. The van der Waals surface area contributed by atoms with Crippen molar-refractivity contribution in [2.45, 2.75) is 61.8 Å². The standard InChI is InChI=1S/C23H25BrN2OS/c1-3-19-18-13-16(24)7-11-21(18)28-22-10-6-15(12-20(22)26-19)23(27)25-17-8-4-14(2)5-9-17/h6-7,10-14,17H,3-5,8-9H2,1-2H3,(H,25,27). The van der Waals surface area contributed by atoms with Crippen LogP contribution in [-0.4, -0.2) is 17.7 Å². The molecule has 0 aromatic heterocycles. The molecule has 0 saturated heterocycles. The van der Waals surface area contributed by atoms with Crippen LogP contribution in [0.15, 0.2) is 55.7 Å². The van der Waals surface area contributed by atoms with Gasteiger partial charge in [-0.05, 0) is 74.4 Å². The van der Waals surface area contributed by atoms with Crippen molar-refractivity contribution in [3.8, 4) is 0 Å². The highest BCUT2D eigenvalue weighted by Gasteiger charge is 2.22. The quantitative estimate of drug-likeness (QED) is 0.554. The first kappa shape index (κ1) is 19.7. The van der Waals surface area contributed by atoms with Crippen LogP contribution < -0.4 is 5.32 Å². The fraction of sp³-hybridized carbons (Fsp3) is 0.391. The van der Waals surface area contributed by atoms with E-state index in [4.69, 9.17) is 4.99 Å². The van der Waals surface area contributed by atoms with Gasteiger partial charge in [0, 0.05) is 37.1 Å². The summed E-state index contributed by atoms with van der Waals surface area (Å²) in [6.45, 7) is 4.42. The van der Waals surface area contributed by atoms with E-state index >= 15 is 0 Å². The third-order valence-electron chi connectivity index (χ3n) is 5.63. The molecule has 4 rings (SSSR count). The van der Waals surface area contributed by atoms with Crippen LogP contribution in [-0.2, 0) is 0 Å². The fourth-order valence-electron chi connectivity index (χ4n) is 3.92. The Bertz CT molecular complexity index is 932. The lowest BCUT2D eigenvalue weighted by molar-refractivity contribution is 0.0923. The molecule has 1 aliphatic heterocycles. The molecule has 3 nitrogen and oxygen atoms in total. The van der Waals surface area contributed by atoms with Gasteiger partial charge in [0.1, 0.15) is 0 Å². The summed E-state index contributed by atoms with van der Waals surface area (Å²) in [4.78, 5) is 20.0. The van der Waals surface area contributed by atoms with E-state index in [-0.39, 0.29) is 5.91 Å². The van der Waals surface area contributed by atoms with Gasteiger partial charge in [-0.2, -0.15) is 0 Å². The number of nitrogens with zero attached hydrogens (tertiary/aromatic N) is 1. The molecule has 0 spiro atoms. The molecule has 0 bridgehead atoms. The number of nitrogens with one attached hydrogen (secondary N) is 1. The van der Waals surface area contributed by atoms with Crippen LogP contribution in [0.3, 0.4) is 0 Å². The molecule has 1 fully saturated rings. The summed E-state index contributed by atoms with van der Waals surface area (Å²) in [6.07, 6.45) is 5.40. The Balaban J connectivity index is 1.60. The van der Waals surface area contributed by atoms with Gasteiger partial charge in [-0.15, -0.1) is 0 Å². The van der Waals surface area contributed by atoms with E-state index in [1.165, 1.54) is 23.3 Å². The smallest absolute Gasteiger partial charge is 0.251 e. The van der Waals surface area contributed by atoms with Crippen LogP contribution in [0.5, 0.6) is 0 Å². The van der Waals surface area contributed by atoms with Crippen molar-refractivity contribution in [2.75, 3.05) is 0 Å². The van der Waals surface area contributed by atoms with Crippen molar-refractivity contribution in [1.29, 1.82) is 0 Å². The van der Waals surface area contributed by atoms with Crippen molar-refractivity contribution in [2.24, 2.45) is 10.9 Å². The average molecular weight is 457 g/mol. The molecular formula is C23H25BrN2OS. The predicted molar refractivity (Wildman–Crippen MR) is 120 cm³/mol. The van der Waals surface area contributed by atoms with Gasteiger partial charge in [0.15, 0.2) is 0 Å². The van der Waals surface area contributed by atoms with E-state index < -0.39 is 0 Å². The van der Waals surface area contributed by atoms with Crippen molar-refractivity contribution < 1.29 is 4.79 Å². The highest BCUT2D eigenvalue weighted by atomic mass is 79.9. The van der Waals surface area contributed by atoms with Crippen molar-refractivity contribution in [3.05, 3.63) is 52.0 Å². The topological polar surface area (TPSA) is 41.5 Å². The second kappa shape index (κ2) is 8.42. The van der Waals surface area contributed by atoms with E-state index in [9.17, 15) is 4.79 Å². The minimum absolute atomic E-state index is 0.0186. The van der Waals surface area contributed by atoms with Crippen molar-refractivity contribution in [1.82, 2.24) is 5.32 Å². The van der Waals surface area contributed by atoms with Crippen LogP contribution in [0.2, 0.25) is 0 Å². The number of rotatable bonds is 3. The van der Waals surface area contributed by atoms with Crippen LogP contribution in [0.4, 0.5) is 5.69 Å². The van der Waals surface area contributed by atoms with E-state index in [0.29, 0.717) is 11.6 Å². The highest BCUT2D eigenvalue weighted by molar-refractivity contribution is 9.10. The number of hydrogen-bond acceptors (Lipinski definition) is 3. The molecule has 146 valence electrons. The number of halogens is 1. The van der Waals surface area contributed by atoms with Gasteiger partial charge < -0.3 is 5.32 Å². The van der Waals surface area contributed by atoms with Gasteiger partial charge in [0.25, 0.3) is 5.91 Å².